The Morgan fingerprint density at radius 3 is 3.00 bits per heavy atom. The quantitative estimate of drug-likeness (QED) is 0.774. The van der Waals surface area contributed by atoms with Crippen LogP contribution in [0.4, 0.5) is 0 Å². The van der Waals surface area contributed by atoms with Gasteiger partial charge < -0.3 is 5.11 Å². The van der Waals surface area contributed by atoms with Crippen molar-refractivity contribution in [3.8, 4) is 0 Å². The van der Waals surface area contributed by atoms with E-state index in [0.29, 0.717) is 0 Å². The first kappa shape index (κ1) is 8.65. The Bertz CT molecular complexity index is 438. The molecular formula is C8H8BrN3O. The number of aromatic nitrogens is 3. The summed E-state index contributed by atoms with van der Waals surface area (Å²) in [5.41, 5.74) is 1.61. The van der Waals surface area contributed by atoms with E-state index >= 15 is 0 Å². The van der Waals surface area contributed by atoms with Crippen molar-refractivity contribution in [3.63, 3.8) is 0 Å². The molecule has 0 aromatic carbocycles. The second kappa shape index (κ2) is 3.08. The van der Waals surface area contributed by atoms with Crippen LogP contribution >= 0.6 is 15.9 Å². The second-order valence-electron chi connectivity index (χ2n) is 2.76. The maximum Gasteiger partial charge on any atom is 0.144 e. The number of hydrogen-bond donors (Lipinski definition) is 1. The molecule has 2 heterocycles. The number of halogens is 1. The first-order valence-corrected chi connectivity index (χ1v) is 4.65. The molecule has 0 amide bonds. The minimum Gasteiger partial charge on any atom is -0.372 e. The van der Waals surface area contributed by atoms with Crippen LogP contribution in [-0.4, -0.2) is 19.9 Å². The third kappa shape index (κ3) is 1.45. The van der Waals surface area contributed by atoms with E-state index in [-0.39, 0.29) is 0 Å². The zero-order chi connectivity index (χ0) is 9.42. The molecule has 0 radical (unpaired) electrons. The molecule has 0 bridgehead atoms. The minimum atomic E-state index is -0.625. The molecule has 0 aliphatic heterocycles. The van der Waals surface area contributed by atoms with Crippen LogP contribution in [0.25, 0.3) is 11.0 Å². The van der Waals surface area contributed by atoms with E-state index in [2.05, 4.69) is 26.0 Å². The van der Waals surface area contributed by atoms with Gasteiger partial charge in [0.25, 0.3) is 0 Å². The van der Waals surface area contributed by atoms with Crippen LogP contribution in [0, 0.1) is 0 Å². The molecule has 0 saturated carbocycles. The molecule has 1 atom stereocenters. The van der Waals surface area contributed by atoms with E-state index in [1.807, 2.05) is 12.1 Å². The monoisotopic (exact) mass is 241 g/mol. The predicted octanol–water partition coefficient (Wildman–Crippen LogP) is 1.70. The van der Waals surface area contributed by atoms with Crippen molar-refractivity contribution in [3.05, 3.63) is 22.9 Å². The topological polar surface area (TPSA) is 50.9 Å². The zero-order valence-electron chi connectivity index (χ0n) is 6.98. The summed E-state index contributed by atoms with van der Waals surface area (Å²) < 4.78 is 2.29. The number of hydrogen-bond acceptors (Lipinski definition) is 3. The zero-order valence-corrected chi connectivity index (χ0v) is 8.56. The predicted molar refractivity (Wildman–Crippen MR) is 52.2 cm³/mol. The molecule has 1 unspecified atom stereocenters. The van der Waals surface area contributed by atoms with Crippen molar-refractivity contribution in [1.82, 2.24) is 14.8 Å². The Hall–Kier alpha value is -0.940. The van der Waals surface area contributed by atoms with Gasteiger partial charge in [-0.3, -0.25) is 0 Å². The second-order valence-corrected chi connectivity index (χ2v) is 3.57. The van der Waals surface area contributed by atoms with Crippen molar-refractivity contribution in [2.24, 2.45) is 0 Å². The molecule has 2 rings (SSSR count). The van der Waals surface area contributed by atoms with Gasteiger partial charge >= 0.3 is 0 Å². The number of aliphatic hydroxyl groups excluding tert-OH is 1. The lowest BCUT2D eigenvalue weighted by Crippen LogP contribution is -2.04. The first-order valence-electron chi connectivity index (χ1n) is 3.86. The van der Waals surface area contributed by atoms with E-state index < -0.39 is 6.23 Å². The highest BCUT2D eigenvalue weighted by atomic mass is 79.9. The minimum absolute atomic E-state index is 0.625. The number of nitrogens with zero attached hydrogens (tertiary/aromatic N) is 3. The van der Waals surface area contributed by atoms with E-state index in [0.717, 1.165) is 15.6 Å². The summed E-state index contributed by atoms with van der Waals surface area (Å²) in [5.74, 6) is 0. The normalized spacial score (nSPS) is 13.5. The Labute approximate surface area is 83.3 Å². The summed E-state index contributed by atoms with van der Waals surface area (Å²) >= 11 is 3.27. The fraction of sp³-hybridized carbons (Fsp3) is 0.250. The SMILES string of the molecule is CC(O)n1ncc2nc(Br)ccc21. The van der Waals surface area contributed by atoms with Gasteiger partial charge in [-0.1, -0.05) is 0 Å². The van der Waals surface area contributed by atoms with Crippen LogP contribution in [0.15, 0.2) is 22.9 Å². The third-order valence-electron chi connectivity index (χ3n) is 1.77. The average molecular weight is 242 g/mol. The fourth-order valence-electron chi connectivity index (χ4n) is 1.21. The van der Waals surface area contributed by atoms with Crippen LogP contribution in [0.1, 0.15) is 13.2 Å². The molecule has 0 saturated heterocycles. The number of fused-ring (bicyclic) bond motifs is 1. The van der Waals surface area contributed by atoms with Gasteiger partial charge in [-0.2, -0.15) is 5.10 Å². The molecule has 0 fully saturated rings. The number of pyridine rings is 1. The Morgan fingerprint density at radius 2 is 2.31 bits per heavy atom. The highest BCUT2D eigenvalue weighted by molar-refractivity contribution is 9.10. The molecule has 0 aliphatic rings. The van der Waals surface area contributed by atoms with Crippen molar-refractivity contribution in [1.29, 1.82) is 0 Å². The molecule has 2 aromatic heterocycles. The highest BCUT2D eigenvalue weighted by Crippen LogP contribution is 2.17. The summed E-state index contributed by atoms with van der Waals surface area (Å²) in [4.78, 5) is 4.20. The van der Waals surface area contributed by atoms with Gasteiger partial charge in [0.1, 0.15) is 16.3 Å². The van der Waals surface area contributed by atoms with E-state index in [9.17, 15) is 5.11 Å². The Kier molecular flexibility index (Phi) is 2.05. The molecule has 1 N–H and O–H groups in total. The van der Waals surface area contributed by atoms with Crippen LogP contribution in [0.3, 0.4) is 0 Å². The molecule has 68 valence electrons. The summed E-state index contributed by atoms with van der Waals surface area (Å²) in [6, 6.07) is 3.69. The molecular weight excluding hydrogens is 234 g/mol. The van der Waals surface area contributed by atoms with Crippen molar-refractivity contribution in [2.45, 2.75) is 13.2 Å². The lowest BCUT2D eigenvalue weighted by molar-refractivity contribution is 0.115. The maximum absolute atomic E-state index is 9.34. The van der Waals surface area contributed by atoms with Crippen LogP contribution in [0.5, 0.6) is 0 Å². The number of aliphatic hydroxyl groups is 1. The lowest BCUT2D eigenvalue weighted by atomic mass is 10.4. The molecule has 2 aromatic rings. The highest BCUT2D eigenvalue weighted by Gasteiger charge is 2.07. The average Bonchev–Trinajstić information content (AvgIpc) is 2.46. The van der Waals surface area contributed by atoms with Crippen molar-refractivity contribution >= 4 is 27.0 Å². The largest absolute Gasteiger partial charge is 0.372 e. The van der Waals surface area contributed by atoms with Crippen LogP contribution in [-0.2, 0) is 0 Å². The maximum atomic E-state index is 9.34. The molecule has 4 nitrogen and oxygen atoms in total. The lowest BCUT2D eigenvalue weighted by Gasteiger charge is -2.04. The molecule has 5 heteroatoms. The molecule has 13 heavy (non-hydrogen) atoms. The van der Waals surface area contributed by atoms with Crippen molar-refractivity contribution in [2.75, 3.05) is 0 Å². The molecule has 0 spiro atoms. The van der Waals surface area contributed by atoms with Gasteiger partial charge in [0.05, 0.1) is 11.7 Å². The fourth-order valence-corrected chi connectivity index (χ4v) is 1.53. The first-order chi connectivity index (χ1) is 6.18. The Morgan fingerprint density at radius 1 is 1.54 bits per heavy atom. The van der Waals surface area contributed by atoms with Gasteiger partial charge in [0.2, 0.25) is 0 Å². The molecule has 0 aliphatic carbocycles. The van der Waals surface area contributed by atoms with Gasteiger partial charge in [0, 0.05) is 0 Å². The van der Waals surface area contributed by atoms with E-state index in [1.54, 1.807) is 13.1 Å². The Balaban J connectivity index is 2.69. The summed E-state index contributed by atoms with van der Waals surface area (Å²) in [6.07, 6.45) is 1.01. The third-order valence-corrected chi connectivity index (χ3v) is 2.22. The summed E-state index contributed by atoms with van der Waals surface area (Å²) in [6.45, 7) is 1.66. The van der Waals surface area contributed by atoms with Crippen LogP contribution in [0.2, 0.25) is 0 Å². The van der Waals surface area contributed by atoms with Gasteiger partial charge in [-0.25, -0.2) is 9.67 Å². The summed E-state index contributed by atoms with van der Waals surface area (Å²) in [5, 5.41) is 13.4. The van der Waals surface area contributed by atoms with Gasteiger partial charge in [-0.15, -0.1) is 0 Å². The smallest absolute Gasteiger partial charge is 0.144 e. The van der Waals surface area contributed by atoms with E-state index in [4.69, 9.17) is 0 Å². The van der Waals surface area contributed by atoms with Crippen molar-refractivity contribution < 1.29 is 5.11 Å². The number of rotatable bonds is 1. The van der Waals surface area contributed by atoms with Crippen LogP contribution < -0.4 is 0 Å². The van der Waals surface area contributed by atoms with Gasteiger partial charge in [0.15, 0.2) is 0 Å². The van der Waals surface area contributed by atoms with Gasteiger partial charge in [-0.05, 0) is 35.0 Å². The summed E-state index contributed by atoms with van der Waals surface area (Å²) in [7, 11) is 0. The van der Waals surface area contributed by atoms with E-state index in [1.165, 1.54) is 4.68 Å². The standard InChI is InChI=1S/C8H8BrN3O/c1-5(13)12-7-2-3-8(9)11-6(7)4-10-12/h2-5,13H,1H3.